The minimum atomic E-state index is -3.68. The van der Waals surface area contributed by atoms with Gasteiger partial charge in [-0.15, -0.1) is 0 Å². The molecule has 146 valence electrons. The fraction of sp³-hybridized carbons (Fsp3) is 0.263. The molecule has 0 aliphatic carbocycles. The monoisotopic (exact) mass is 419 g/mol. The summed E-state index contributed by atoms with van der Waals surface area (Å²) in [5.41, 5.74) is 0.319. The fourth-order valence-electron chi connectivity index (χ4n) is 3.45. The molecular weight excluding hydrogens is 402 g/mol. The lowest BCUT2D eigenvalue weighted by Gasteiger charge is -2.26. The van der Waals surface area contributed by atoms with Crippen molar-refractivity contribution in [1.29, 1.82) is 0 Å². The van der Waals surface area contributed by atoms with Gasteiger partial charge >= 0.3 is 5.69 Å². The van der Waals surface area contributed by atoms with Crippen LogP contribution in [-0.4, -0.2) is 41.3 Å². The minimum Gasteiger partial charge on any atom is -0.305 e. The summed E-state index contributed by atoms with van der Waals surface area (Å²) in [5.74, 6) is -0.616. The Morgan fingerprint density at radius 1 is 1.04 bits per heavy atom. The maximum absolute atomic E-state index is 13.0. The summed E-state index contributed by atoms with van der Waals surface area (Å²) >= 11 is 6.00. The molecule has 0 saturated carbocycles. The molecule has 1 aromatic heterocycles. The average Bonchev–Trinajstić information content (AvgIpc) is 3.03. The number of nitrogens with one attached hydrogen (secondary N) is 1. The second-order valence-electron chi connectivity index (χ2n) is 6.72. The van der Waals surface area contributed by atoms with E-state index in [4.69, 9.17) is 11.6 Å². The van der Waals surface area contributed by atoms with Crippen LogP contribution in [-0.2, 0) is 10.0 Å². The molecule has 1 saturated heterocycles. The van der Waals surface area contributed by atoms with Gasteiger partial charge in [-0.1, -0.05) is 24.1 Å². The molecule has 0 unspecified atom stereocenters. The number of imidazole rings is 1. The summed E-state index contributed by atoms with van der Waals surface area (Å²) in [6, 6.07) is 10.5. The number of rotatable bonds is 3. The lowest BCUT2D eigenvalue weighted by molar-refractivity contribution is 0.0961. The first kappa shape index (κ1) is 18.9. The number of nitrogens with zero attached hydrogens (tertiary/aromatic N) is 2. The molecule has 0 radical (unpaired) electrons. The van der Waals surface area contributed by atoms with Crippen molar-refractivity contribution in [3.8, 4) is 0 Å². The average molecular weight is 420 g/mol. The molecule has 0 atom stereocenters. The SMILES string of the molecule is O=C(c1cccc(S(=O)(=O)N2CCCCC2)c1)n1c(=O)[nH]c2ccc(Cl)cc21. The molecule has 1 N–H and O–H groups in total. The van der Waals surface area contributed by atoms with E-state index in [-0.39, 0.29) is 10.5 Å². The number of halogens is 1. The highest BCUT2D eigenvalue weighted by Crippen LogP contribution is 2.22. The first-order valence-electron chi connectivity index (χ1n) is 8.93. The number of sulfonamides is 1. The molecule has 1 fully saturated rings. The third-order valence-electron chi connectivity index (χ3n) is 4.88. The van der Waals surface area contributed by atoms with E-state index in [1.807, 2.05) is 0 Å². The van der Waals surface area contributed by atoms with Crippen molar-refractivity contribution >= 4 is 38.6 Å². The summed E-state index contributed by atoms with van der Waals surface area (Å²) in [7, 11) is -3.68. The quantitative estimate of drug-likeness (QED) is 0.706. The second-order valence-corrected chi connectivity index (χ2v) is 9.10. The van der Waals surface area contributed by atoms with Crippen LogP contribution < -0.4 is 5.69 Å². The van der Waals surface area contributed by atoms with Crippen molar-refractivity contribution in [2.75, 3.05) is 13.1 Å². The number of hydrogen-bond donors (Lipinski definition) is 1. The standard InChI is InChI=1S/C19H18ClN3O4S/c20-14-7-8-16-17(12-14)23(19(25)21-16)18(24)13-5-4-6-15(11-13)28(26,27)22-9-2-1-3-10-22/h4-8,11-12H,1-3,9-10H2,(H,21,25). The predicted octanol–water partition coefficient (Wildman–Crippen LogP) is 2.85. The van der Waals surface area contributed by atoms with Crippen LogP contribution in [0.4, 0.5) is 0 Å². The first-order chi connectivity index (χ1) is 13.4. The van der Waals surface area contributed by atoms with Crippen molar-refractivity contribution < 1.29 is 13.2 Å². The van der Waals surface area contributed by atoms with Gasteiger partial charge in [0.1, 0.15) is 0 Å². The lowest BCUT2D eigenvalue weighted by atomic mass is 10.2. The highest BCUT2D eigenvalue weighted by Gasteiger charge is 2.27. The summed E-state index contributed by atoms with van der Waals surface area (Å²) in [4.78, 5) is 28.0. The van der Waals surface area contributed by atoms with E-state index in [0.29, 0.717) is 29.1 Å². The van der Waals surface area contributed by atoms with Crippen LogP contribution in [0.5, 0.6) is 0 Å². The van der Waals surface area contributed by atoms with Crippen molar-refractivity contribution in [3.63, 3.8) is 0 Å². The van der Waals surface area contributed by atoms with E-state index in [1.165, 1.54) is 34.6 Å². The summed E-state index contributed by atoms with van der Waals surface area (Å²) < 4.78 is 28.2. The Balaban J connectivity index is 1.76. The number of aromatic amines is 1. The Labute approximate surface area is 166 Å². The smallest absolute Gasteiger partial charge is 0.305 e. The molecular formula is C19H18ClN3O4S. The number of aromatic nitrogens is 2. The number of carbonyl (C=O) groups is 1. The van der Waals surface area contributed by atoms with E-state index in [2.05, 4.69) is 4.98 Å². The van der Waals surface area contributed by atoms with Gasteiger partial charge in [0.05, 0.1) is 15.9 Å². The topological polar surface area (TPSA) is 92.2 Å². The number of benzene rings is 2. The van der Waals surface area contributed by atoms with E-state index in [1.54, 1.807) is 12.1 Å². The maximum atomic E-state index is 13.0. The predicted molar refractivity (Wildman–Crippen MR) is 106 cm³/mol. The van der Waals surface area contributed by atoms with Crippen LogP contribution in [0.25, 0.3) is 11.0 Å². The van der Waals surface area contributed by atoms with Gasteiger partial charge in [-0.05, 0) is 49.2 Å². The third-order valence-corrected chi connectivity index (χ3v) is 7.01. The van der Waals surface area contributed by atoms with Gasteiger partial charge in [-0.25, -0.2) is 17.8 Å². The number of H-pyrrole nitrogens is 1. The van der Waals surface area contributed by atoms with Gasteiger partial charge in [-0.2, -0.15) is 4.31 Å². The van der Waals surface area contributed by atoms with E-state index >= 15 is 0 Å². The Kier molecular flexibility index (Phi) is 4.86. The number of carbonyl (C=O) groups excluding carboxylic acids is 1. The molecule has 2 aromatic carbocycles. The zero-order chi connectivity index (χ0) is 19.9. The second kappa shape index (κ2) is 7.20. The number of piperidine rings is 1. The van der Waals surface area contributed by atoms with Crippen LogP contribution in [0.1, 0.15) is 29.6 Å². The lowest BCUT2D eigenvalue weighted by Crippen LogP contribution is -2.35. The van der Waals surface area contributed by atoms with Crippen LogP contribution >= 0.6 is 11.6 Å². The number of fused-ring (bicyclic) bond motifs is 1. The molecule has 9 heteroatoms. The largest absolute Gasteiger partial charge is 0.333 e. The molecule has 0 spiro atoms. The van der Waals surface area contributed by atoms with Crippen molar-refractivity contribution in [1.82, 2.24) is 13.9 Å². The molecule has 7 nitrogen and oxygen atoms in total. The van der Waals surface area contributed by atoms with E-state index in [0.717, 1.165) is 23.8 Å². The Morgan fingerprint density at radius 2 is 1.79 bits per heavy atom. The van der Waals surface area contributed by atoms with E-state index < -0.39 is 21.6 Å². The van der Waals surface area contributed by atoms with Crippen LogP contribution in [0.2, 0.25) is 5.02 Å². The molecule has 3 aromatic rings. The maximum Gasteiger partial charge on any atom is 0.333 e. The zero-order valence-electron chi connectivity index (χ0n) is 14.9. The van der Waals surface area contributed by atoms with E-state index in [9.17, 15) is 18.0 Å². The van der Waals surface area contributed by atoms with Gasteiger partial charge in [0.2, 0.25) is 10.0 Å². The van der Waals surface area contributed by atoms with Gasteiger partial charge < -0.3 is 4.98 Å². The van der Waals surface area contributed by atoms with Gasteiger partial charge in [0.15, 0.2) is 0 Å². The summed E-state index contributed by atoms with van der Waals surface area (Å²) in [5, 5.41) is 0.384. The fourth-order valence-corrected chi connectivity index (χ4v) is 5.18. The normalized spacial score (nSPS) is 15.8. The highest BCUT2D eigenvalue weighted by atomic mass is 35.5. The summed E-state index contributed by atoms with van der Waals surface area (Å²) in [6.07, 6.45) is 2.66. The first-order valence-corrected chi connectivity index (χ1v) is 10.7. The van der Waals surface area contributed by atoms with Crippen molar-refractivity contribution in [2.45, 2.75) is 24.2 Å². The minimum absolute atomic E-state index is 0.0474. The van der Waals surface area contributed by atoms with Gasteiger partial charge in [0, 0.05) is 23.7 Å². The third kappa shape index (κ3) is 3.28. The Hall–Kier alpha value is -2.42. The molecule has 0 amide bonds. The zero-order valence-corrected chi connectivity index (χ0v) is 16.5. The van der Waals surface area contributed by atoms with Crippen LogP contribution in [0.3, 0.4) is 0 Å². The molecule has 1 aliphatic heterocycles. The van der Waals surface area contributed by atoms with Crippen molar-refractivity contribution in [3.05, 3.63) is 63.5 Å². The Bertz CT molecular complexity index is 1220. The van der Waals surface area contributed by atoms with Gasteiger partial charge in [-0.3, -0.25) is 4.79 Å². The molecule has 4 rings (SSSR count). The Morgan fingerprint density at radius 3 is 2.54 bits per heavy atom. The van der Waals surface area contributed by atoms with Crippen LogP contribution in [0, 0.1) is 0 Å². The van der Waals surface area contributed by atoms with Crippen LogP contribution in [0.15, 0.2) is 52.2 Å². The molecule has 1 aliphatic rings. The van der Waals surface area contributed by atoms with Crippen molar-refractivity contribution in [2.24, 2.45) is 0 Å². The summed E-state index contributed by atoms with van der Waals surface area (Å²) in [6.45, 7) is 0.946. The highest BCUT2D eigenvalue weighted by molar-refractivity contribution is 7.89. The number of hydrogen-bond acceptors (Lipinski definition) is 4. The van der Waals surface area contributed by atoms with Gasteiger partial charge in [0.25, 0.3) is 5.91 Å². The molecule has 2 heterocycles. The molecule has 0 bridgehead atoms. The molecule has 28 heavy (non-hydrogen) atoms.